The van der Waals surface area contributed by atoms with Crippen LogP contribution < -0.4 is 12.4 Å². The van der Waals surface area contributed by atoms with Crippen LogP contribution in [0.25, 0.3) is 0 Å². The third kappa shape index (κ3) is 9.89. The Morgan fingerprint density at radius 3 is 1.75 bits per heavy atom. The van der Waals surface area contributed by atoms with Crippen molar-refractivity contribution in [2.24, 2.45) is 0 Å². The topological polar surface area (TPSA) is 18.5 Å². The van der Waals surface area contributed by atoms with Gasteiger partial charge in [-0.1, -0.05) is 0 Å². The summed E-state index contributed by atoms with van der Waals surface area (Å²) < 4.78 is 9.87. The first-order valence-electron chi connectivity index (χ1n) is 2.46. The summed E-state index contributed by atoms with van der Waals surface area (Å²) >= 11 is -0.178. The van der Waals surface area contributed by atoms with Crippen molar-refractivity contribution in [3.05, 3.63) is 0 Å². The molecule has 0 amide bonds. The molecule has 0 rings (SSSR count). The van der Waals surface area contributed by atoms with Crippen molar-refractivity contribution < 1.29 is 20.0 Å². The van der Waals surface area contributed by atoms with E-state index in [9.17, 15) is 0 Å². The third-order valence-corrected chi connectivity index (χ3v) is 1.41. The Labute approximate surface area is 63.3 Å². The Hall–Kier alpha value is 0.742. The molecule has 0 radical (unpaired) electrons. The molecule has 0 heterocycles. The fourth-order valence-electron chi connectivity index (χ4n) is 0.184. The molecule has 0 aliphatic rings. The zero-order chi connectivity index (χ0) is 5.54. The summed E-state index contributed by atoms with van der Waals surface area (Å²) in [5.41, 5.74) is 0. The second-order valence-corrected chi connectivity index (χ2v) is 1.87. The van der Waals surface area contributed by atoms with Gasteiger partial charge in [-0.05, 0) is 0 Å². The Kier molecular flexibility index (Phi) is 15.4. The maximum atomic E-state index is 4.94. The molecule has 0 saturated carbocycles. The number of hydrogen-bond donors (Lipinski definition) is 0. The average molecular weight is 153 g/mol. The largest absolute Gasteiger partial charge is 1.00 e. The van der Waals surface area contributed by atoms with E-state index in [0.29, 0.717) is 0 Å². The quantitative estimate of drug-likeness (QED) is 0.330. The van der Waals surface area contributed by atoms with Crippen molar-refractivity contribution in [2.45, 2.75) is 13.8 Å². The molecule has 0 aromatic heterocycles. The van der Waals surface area contributed by atoms with Crippen molar-refractivity contribution in [3.8, 4) is 0 Å². The predicted octanol–water partition coefficient (Wildman–Crippen LogP) is -2.40. The van der Waals surface area contributed by atoms with Gasteiger partial charge in [0.05, 0.1) is 0 Å². The molecule has 8 heavy (non-hydrogen) atoms. The molecule has 0 saturated heterocycles. The molecule has 0 N–H and O–H groups in total. The minimum absolute atomic E-state index is 0. The summed E-state index contributed by atoms with van der Waals surface area (Å²) in [4.78, 5) is 0. The summed E-state index contributed by atoms with van der Waals surface area (Å²) in [6.45, 7) is 5.47. The van der Waals surface area contributed by atoms with Gasteiger partial charge in [-0.15, -0.1) is 0 Å². The second-order valence-electron chi connectivity index (χ2n) is 1.01. The van der Waals surface area contributed by atoms with E-state index in [1.165, 1.54) is 0 Å². The van der Waals surface area contributed by atoms with E-state index in [1.54, 1.807) is 0 Å². The molecule has 0 aromatic rings. The van der Waals surface area contributed by atoms with Crippen molar-refractivity contribution >= 4 is 15.9 Å². The van der Waals surface area contributed by atoms with Crippen LogP contribution in [0.3, 0.4) is 0 Å². The fourth-order valence-corrected chi connectivity index (χ4v) is 0.553. The normalized spacial score (nSPS) is 7.25. The van der Waals surface area contributed by atoms with E-state index in [4.69, 9.17) is 7.58 Å². The molecule has 0 fully saturated rings. The molecule has 0 atom stereocenters. The minimum atomic E-state index is -0.178. The van der Waals surface area contributed by atoms with E-state index in [1.807, 2.05) is 13.8 Å². The van der Waals surface area contributed by atoms with E-state index >= 15 is 0 Å². The summed E-state index contributed by atoms with van der Waals surface area (Å²) in [5.74, 6) is 0. The standard InChI is InChI=1S/2C2H5O.Al.ClH/c2*1-2-3;;/h2*2H2,1H3;;1H/q2*-1;+3;/p-1. The molecular weight excluding hydrogens is 142 g/mol. The summed E-state index contributed by atoms with van der Waals surface area (Å²) in [6.07, 6.45) is 0. The van der Waals surface area contributed by atoms with Gasteiger partial charge in [0.15, 0.2) is 0 Å². The predicted molar refractivity (Wildman–Crippen MR) is 29.0 cm³/mol. The van der Waals surface area contributed by atoms with Gasteiger partial charge in [0.25, 0.3) is 0 Å². The van der Waals surface area contributed by atoms with E-state index in [0.717, 1.165) is 13.2 Å². The maximum Gasteiger partial charge on any atom is -1.00 e. The average Bonchev–Trinajstić information content (AvgIpc) is 1.69. The first kappa shape index (κ1) is 11.5. The van der Waals surface area contributed by atoms with E-state index in [2.05, 4.69) is 0 Å². The van der Waals surface area contributed by atoms with Crippen LogP contribution in [0.15, 0.2) is 0 Å². The molecule has 0 bridgehead atoms. The van der Waals surface area contributed by atoms with Gasteiger partial charge in [0.1, 0.15) is 0 Å². The van der Waals surface area contributed by atoms with Crippen LogP contribution in [-0.4, -0.2) is 29.1 Å². The van der Waals surface area contributed by atoms with Gasteiger partial charge in [-0.2, -0.15) is 0 Å². The summed E-state index contributed by atoms with van der Waals surface area (Å²) in [6, 6.07) is 0. The Balaban J connectivity index is 0. The Morgan fingerprint density at radius 2 is 1.50 bits per heavy atom. The van der Waals surface area contributed by atoms with Crippen molar-refractivity contribution in [2.75, 3.05) is 13.2 Å². The van der Waals surface area contributed by atoms with Crippen LogP contribution in [0.5, 0.6) is 0 Å². The van der Waals surface area contributed by atoms with Crippen molar-refractivity contribution in [3.63, 3.8) is 0 Å². The second kappa shape index (κ2) is 10.7. The first-order valence-corrected chi connectivity index (χ1v) is 3.41. The van der Waals surface area contributed by atoms with Crippen LogP contribution in [-0.2, 0) is 7.58 Å². The fraction of sp³-hybridized carbons (Fsp3) is 1.00. The Bertz CT molecular complexity index is 33.2. The van der Waals surface area contributed by atoms with Crippen LogP contribution >= 0.6 is 0 Å². The third-order valence-electron chi connectivity index (χ3n) is 0.469. The van der Waals surface area contributed by atoms with Crippen molar-refractivity contribution in [1.82, 2.24) is 0 Å². The van der Waals surface area contributed by atoms with Crippen LogP contribution in [0.2, 0.25) is 0 Å². The van der Waals surface area contributed by atoms with Crippen LogP contribution in [0.1, 0.15) is 13.8 Å². The summed E-state index contributed by atoms with van der Waals surface area (Å²) in [5, 5.41) is 0. The van der Waals surface area contributed by atoms with Gasteiger partial charge >= 0.3 is 50.5 Å². The van der Waals surface area contributed by atoms with Crippen molar-refractivity contribution in [1.29, 1.82) is 0 Å². The molecule has 48 valence electrons. The van der Waals surface area contributed by atoms with Gasteiger partial charge < -0.3 is 12.4 Å². The molecular formula is C4H10AlClO2. The molecule has 0 spiro atoms. The molecule has 0 aliphatic carbocycles. The van der Waals surface area contributed by atoms with E-state index in [-0.39, 0.29) is 28.3 Å². The zero-order valence-electron chi connectivity index (χ0n) is 5.19. The Morgan fingerprint density at radius 1 is 1.12 bits per heavy atom. The molecule has 4 heteroatoms. The van der Waals surface area contributed by atoms with Gasteiger partial charge in [0, 0.05) is 0 Å². The zero-order valence-corrected chi connectivity index (χ0v) is 7.10. The molecule has 2 nitrogen and oxygen atoms in total. The van der Waals surface area contributed by atoms with E-state index < -0.39 is 0 Å². The van der Waals surface area contributed by atoms with Gasteiger partial charge in [-0.3, -0.25) is 0 Å². The summed E-state index contributed by atoms with van der Waals surface area (Å²) in [7, 11) is 0. The maximum absolute atomic E-state index is 4.94. The van der Waals surface area contributed by atoms with Crippen LogP contribution in [0, 0.1) is 0 Å². The SMILES string of the molecule is CC[O][Al+][O]CC.[Cl-]. The smallest absolute Gasteiger partial charge is 1.00 e. The molecule has 0 unspecified atom stereocenters. The molecule has 0 aromatic carbocycles. The van der Waals surface area contributed by atoms with Gasteiger partial charge in [-0.25, -0.2) is 0 Å². The first-order chi connectivity index (χ1) is 3.41. The number of halogens is 1. The van der Waals surface area contributed by atoms with Gasteiger partial charge in [0.2, 0.25) is 0 Å². The van der Waals surface area contributed by atoms with Crippen LogP contribution in [0.4, 0.5) is 0 Å². The minimum Gasteiger partial charge on any atom is -1.00 e. The number of hydrogen-bond acceptors (Lipinski definition) is 2. The monoisotopic (exact) mass is 152 g/mol. The molecule has 0 aliphatic heterocycles. The number of rotatable bonds is 4.